The first-order valence-electron chi connectivity index (χ1n) is 4.45. The van der Waals surface area contributed by atoms with Crippen molar-refractivity contribution < 1.29 is 9.72 Å². The zero-order valence-corrected chi connectivity index (χ0v) is 9.41. The molecule has 0 aliphatic heterocycles. The summed E-state index contributed by atoms with van der Waals surface area (Å²) in [6, 6.07) is 1.54. The molecule has 0 fully saturated rings. The average molecular weight is 231 g/mol. The van der Waals surface area contributed by atoms with Crippen LogP contribution in [0.2, 0.25) is 5.02 Å². The molecule has 0 saturated carbocycles. The third kappa shape index (κ3) is 3.81. The van der Waals surface area contributed by atoms with Gasteiger partial charge < -0.3 is 9.64 Å². The van der Waals surface area contributed by atoms with Crippen LogP contribution in [0.25, 0.3) is 0 Å². The SMILES string of the molecule is CN(C)CCOc1cc(Cl)c(N=O)c[nH+]1. The number of aromatic nitrogens is 1. The lowest BCUT2D eigenvalue weighted by molar-refractivity contribution is -0.393. The van der Waals surface area contributed by atoms with Crippen molar-refractivity contribution in [1.29, 1.82) is 0 Å². The van der Waals surface area contributed by atoms with Crippen LogP contribution in [-0.2, 0) is 0 Å². The van der Waals surface area contributed by atoms with Gasteiger partial charge in [0.25, 0.3) is 0 Å². The minimum atomic E-state index is 0.177. The van der Waals surface area contributed by atoms with Gasteiger partial charge in [-0.2, -0.15) is 4.98 Å². The van der Waals surface area contributed by atoms with Gasteiger partial charge in [-0.25, -0.2) is 0 Å². The Hall–Kier alpha value is -1.20. The van der Waals surface area contributed by atoms with Gasteiger partial charge >= 0.3 is 5.88 Å². The van der Waals surface area contributed by atoms with Crippen LogP contribution in [0, 0.1) is 4.91 Å². The first-order valence-corrected chi connectivity index (χ1v) is 4.83. The van der Waals surface area contributed by atoms with Gasteiger partial charge in [0.15, 0.2) is 5.69 Å². The molecule has 1 N–H and O–H groups in total. The second-order valence-corrected chi connectivity index (χ2v) is 3.68. The highest BCUT2D eigenvalue weighted by Crippen LogP contribution is 2.24. The molecule has 0 aliphatic carbocycles. The topological polar surface area (TPSA) is 56.0 Å². The van der Waals surface area contributed by atoms with Gasteiger partial charge in [0.1, 0.15) is 6.61 Å². The fourth-order valence-corrected chi connectivity index (χ4v) is 1.12. The summed E-state index contributed by atoms with van der Waals surface area (Å²) in [5.41, 5.74) is 0.177. The molecular weight excluding hydrogens is 218 g/mol. The van der Waals surface area contributed by atoms with Crippen LogP contribution in [0.15, 0.2) is 17.4 Å². The second kappa shape index (κ2) is 5.63. The van der Waals surface area contributed by atoms with Gasteiger partial charge in [-0.1, -0.05) is 11.6 Å². The molecule has 0 bridgehead atoms. The number of hydrogen-bond acceptors (Lipinski definition) is 4. The first kappa shape index (κ1) is 11.9. The Bertz CT molecular complexity index is 344. The Labute approximate surface area is 93.0 Å². The van der Waals surface area contributed by atoms with E-state index < -0.39 is 0 Å². The smallest absolute Gasteiger partial charge is 0.367 e. The Morgan fingerprint density at radius 2 is 2.33 bits per heavy atom. The van der Waals surface area contributed by atoms with Crippen molar-refractivity contribution in [3.05, 3.63) is 22.2 Å². The van der Waals surface area contributed by atoms with E-state index in [9.17, 15) is 4.91 Å². The standard InChI is InChI=1S/C9H12ClN3O2/c1-13(2)3-4-15-9-5-7(10)8(12-14)6-11-9/h5-6H,3-4H2,1-2H3/p+1. The van der Waals surface area contributed by atoms with Crippen LogP contribution in [0.3, 0.4) is 0 Å². The van der Waals surface area contributed by atoms with Gasteiger partial charge in [0, 0.05) is 6.54 Å². The predicted octanol–water partition coefficient (Wildman–Crippen LogP) is 1.49. The summed E-state index contributed by atoms with van der Waals surface area (Å²) >= 11 is 5.77. The van der Waals surface area contributed by atoms with Crippen LogP contribution in [-0.4, -0.2) is 32.1 Å². The van der Waals surface area contributed by atoms with Gasteiger partial charge in [-0.15, -0.1) is 4.91 Å². The van der Waals surface area contributed by atoms with Crippen molar-refractivity contribution in [2.45, 2.75) is 0 Å². The molecular formula is C9H13ClN3O2+. The molecule has 0 saturated heterocycles. The highest BCUT2D eigenvalue weighted by Gasteiger charge is 2.09. The van der Waals surface area contributed by atoms with E-state index in [4.69, 9.17) is 16.3 Å². The quantitative estimate of drug-likeness (QED) is 0.721. The summed E-state index contributed by atoms with van der Waals surface area (Å²) in [5.74, 6) is 0.522. The monoisotopic (exact) mass is 230 g/mol. The molecule has 0 radical (unpaired) electrons. The van der Waals surface area contributed by atoms with E-state index in [2.05, 4.69) is 10.2 Å². The van der Waals surface area contributed by atoms with E-state index in [0.29, 0.717) is 12.5 Å². The molecule has 6 heteroatoms. The highest BCUT2D eigenvalue weighted by molar-refractivity contribution is 6.32. The number of likely N-dealkylation sites (N-methyl/N-ethyl adjacent to an activating group) is 1. The molecule has 0 aromatic carbocycles. The number of nitrogens with zero attached hydrogens (tertiary/aromatic N) is 2. The number of aromatic amines is 1. The Balaban J connectivity index is 2.56. The third-order valence-corrected chi connectivity index (χ3v) is 2.05. The van der Waals surface area contributed by atoms with Crippen molar-refractivity contribution in [2.75, 3.05) is 27.2 Å². The van der Waals surface area contributed by atoms with E-state index in [1.165, 1.54) is 12.3 Å². The molecule has 15 heavy (non-hydrogen) atoms. The molecule has 0 aliphatic rings. The number of nitrogens with one attached hydrogen (secondary N) is 1. The highest BCUT2D eigenvalue weighted by atomic mass is 35.5. The number of nitroso groups, excluding NO2 is 1. The first-order chi connectivity index (χ1) is 7.13. The zero-order valence-electron chi connectivity index (χ0n) is 8.66. The number of ether oxygens (including phenoxy) is 1. The van der Waals surface area contributed by atoms with Crippen molar-refractivity contribution >= 4 is 17.3 Å². The largest absolute Gasteiger partial charge is 0.443 e. The molecule has 1 heterocycles. The van der Waals surface area contributed by atoms with Crippen molar-refractivity contribution in [3.63, 3.8) is 0 Å². The Kier molecular flexibility index (Phi) is 4.45. The van der Waals surface area contributed by atoms with Crippen molar-refractivity contribution in [1.82, 2.24) is 4.90 Å². The number of H-pyrrole nitrogens is 1. The fraction of sp³-hybridized carbons (Fsp3) is 0.444. The maximum Gasteiger partial charge on any atom is 0.367 e. The summed E-state index contributed by atoms with van der Waals surface area (Å²) in [4.78, 5) is 15.0. The predicted molar refractivity (Wildman–Crippen MR) is 57.5 cm³/mol. The van der Waals surface area contributed by atoms with Gasteiger partial charge in [-0.05, 0) is 19.3 Å². The number of rotatable bonds is 5. The van der Waals surface area contributed by atoms with Crippen molar-refractivity contribution in [3.8, 4) is 5.88 Å². The maximum atomic E-state index is 10.2. The molecule has 1 rings (SSSR count). The molecule has 0 unspecified atom stereocenters. The summed E-state index contributed by atoms with van der Waals surface area (Å²) in [7, 11) is 3.92. The second-order valence-electron chi connectivity index (χ2n) is 3.27. The summed E-state index contributed by atoms with van der Waals surface area (Å²) in [5, 5.41) is 3.02. The lowest BCUT2D eigenvalue weighted by atomic mass is 10.4. The van der Waals surface area contributed by atoms with E-state index in [1.54, 1.807) is 0 Å². The van der Waals surface area contributed by atoms with Gasteiger partial charge in [-0.3, -0.25) is 0 Å². The van der Waals surface area contributed by atoms with E-state index in [-0.39, 0.29) is 10.7 Å². The van der Waals surface area contributed by atoms with Gasteiger partial charge in [0.2, 0.25) is 6.20 Å². The molecule has 5 nitrogen and oxygen atoms in total. The van der Waals surface area contributed by atoms with Crippen LogP contribution in [0.1, 0.15) is 0 Å². The Morgan fingerprint density at radius 1 is 1.60 bits per heavy atom. The van der Waals surface area contributed by atoms with Crippen molar-refractivity contribution in [2.24, 2.45) is 5.18 Å². The lowest BCUT2D eigenvalue weighted by Crippen LogP contribution is -2.21. The molecule has 1 aromatic rings. The lowest BCUT2D eigenvalue weighted by Gasteiger charge is -2.08. The average Bonchev–Trinajstić information content (AvgIpc) is 2.17. The van der Waals surface area contributed by atoms with Crippen LogP contribution in [0.4, 0.5) is 5.69 Å². The van der Waals surface area contributed by atoms with Crippen LogP contribution >= 0.6 is 11.6 Å². The van der Waals surface area contributed by atoms with Gasteiger partial charge in [0.05, 0.1) is 11.1 Å². The molecule has 1 aromatic heterocycles. The summed E-state index contributed by atoms with van der Waals surface area (Å²) in [6.45, 7) is 1.35. The summed E-state index contributed by atoms with van der Waals surface area (Å²) in [6.07, 6.45) is 1.42. The number of pyridine rings is 1. The Morgan fingerprint density at radius 3 is 2.87 bits per heavy atom. The molecule has 0 atom stereocenters. The van der Waals surface area contributed by atoms with Crippen LogP contribution < -0.4 is 9.72 Å². The molecule has 82 valence electrons. The van der Waals surface area contributed by atoms with E-state index in [1.807, 2.05) is 19.0 Å². The number of halogens is 1. The maximum absolute atomic E-state index is 10.2. The van der Waals surface area contributed by atoms with Crippen LogP contribution in [0.5, 0.6) is 5.88 Å². The molecule has 0 spiro atoms. The minimum absolute atomic E-state index is 0.177. The fourth-order valence-electron chi connectivity index (χ4n) is 0.931. The van der Waals surface area contributed by atoms with E-state index in [0.717, 1.165) is 6.54 Å². The molecule has 0 amide bonds. The summed E-state index contributed by atoms with van der Waals surface area (Å²) < 4.78 is 5.37. The minimum Gasteiger partial charge on any atom is -0.443 e. The van der Waals surface area contributed by atoms with E-state index >= 15 is 0 Å². The zero-order chi connectivity index (χ0) is 11.3. The normalized spacial score (nSPS) is 10.4. The number of hydrogen-bond donors (Lipinski definition) is 0. The third-order valence-electron chi connectivity index (χ3n) is 1.75.